The van der Waals surface area contributed by atoms with E-state index in [2.05, 4.69) is 22.5 Å². The van der Waals surface area contributed by atoms with Gasteiger partial charge in [0.25, 0.3) is 11.8 Å². The number of rotatable bonds is 13. The number of piperidine rings is 1. The van der Waals surface area contributed by atoms with E-state index in [1.165, 1.54) is 15.0 Å². The summed E-state index contributed by atoms with van der Waals surface area (Å²) in [6.07, 6.45) is 5.12. The summed E-state index contributed by atoms with van der Waals surface area (Å²) in [5.41, 5.74) is 13.9. The maximum Gasteiger partial charge on any atom is 0.736 e. The molecule has 4 aliphatic rings. The van der Waals surface area contributed by atoms with Gasteiger partial charge in [-0.2, -0.15) is 0 Å². The van der Waals surface area contributed by atoms with Crippen LogP contribution in [0.2, 0.25) is 0 Å². The summed E-state index contributed by atoms with van der Waals surface area (Å²) in [5, 5.41) is 10.1. The van der Waals surface area contributed by atoms with Crippen LogP contribution in [0, 0.1) is 13.8 Å². The molecule has 0 saturated carbocycles. The van der Waals surface area contributed by atoms with Gasteiger partial charge in [-0.25, -0.2) is 4.98 Å². The molecule has 4 amide bonds. The van der Waals surface area contributed by atoms with E-state index in [4.69, 9.17) is 22.9 Å². The first kappa shape index (κ1) is 47.8. The highest BCUT2D eigenvalue weighted by Gasteiger charge is 2.57. The number of nitrogens with two attached hydrogens (primary N) is 1. The number of hydrogen-bond donors (Lipinski definition) is 4. The van der Waals surface area contributed by atoms with Crippen molar-refractivity contribution >= 4 is 70.8 Å². The van der Waals surface area contributed by atoms with Gasteiger partial charge in [0.1, 0.15) is 23.1 Å². The largest absolute Gasteiger partial charge is 0.736 e. The Morgan fingerprint density at radius 3 is 2.21 bits per heavy atom. The molecule has 2 fully saturated rings. The number of nitrogens with one attached hydrogen (secondary N) is 3. The first-order valence-corrected chi connectivity index (χ1v) is 23.8. The smallest absolute Gasteiger partial charge is 0.396 e. The molecular weight excluding hydrogens is 885 g/mol. The van der Waals surface area contributed by atoms with Crippen molar-refractivity contribution in [3.63, 3.8) is 0 Å². The second-order valence-corrected chi connectivity index (χ2v) is 18.7. The van der Waals surface area contributed by atoms with Gasteiger partial charge in [0.15, 0.2) is 5.11 Å². The molecule has 18 heteroatoms. The number of anilines is 3. The Bertz CT molecular complexity index is 2720. The third kappa shape index (κ3) is 9.69. The van der Waals surface area contributed by atoms with Crippen LogP contribution in [0.1, 0.15) is 113 Å². The zero-order valence-corrected chi connectivity index (χ0v) is 39.9. The molecule has 14 nitrogen and oxygen atoms in total. The molecule has 4 aliphatic heterocycles. The Labute approximate surface area is 401 Å². The molecule has 2 aromatic heterocycles. The number of aromatic nitrogens is 2. The van der Waals surface area contributed by atoms with E-state index < -0.39 is 12.9 Å². The highest BCUT2D eigenvalue weighted by Crippen LogP contribution is 2.47. The van der Waals surface area contributed by atoms with E-state index in [1.54, 1.807) is 54.0 Å². The van der Waals surface area contributed by atoms with Crippen LogP contribution in [0.25, 0.3) is 0 Å². The second kappa shape index (κ2) is 19.9. The zero-order valence-electron chi connectivity index (χ0n) is 39.1. The molecule has 1 atom stereocenters. The van der Waals surface area contributed by atoms with Gasteiger partial charge in [0, 0.05) is 99.8 Å². The van der Waals surface area contributed by atoms with Crippen molar-refractivity contribution in [1.82, 2.24) is 29.5 Å². The number of allylic oxidation sites excluding steroid dienone is 2. The molecule has 0 aliphatic carbocycles. The van der Waals surface area contributed by atoms with Crippen molar-refractivity contribution in [3.05, 3.63) is 130 Å². The minimum atomic E-state index is -3.99. The zero-order chi connectivity index (χ0) is 48.4. The van der Waals surface area contributed by atoms with Gasteiger partial charge in [-0.15, -0.1) is 0 Å². The second-order valence-electron chi connectivity index (χ2n) is 18.3. The highest BCUT2D eigenvalue weighted by molar-refractivity contribution is 7.80. The molecule has 68 heavy (non-hydrogen) atoms. The van der Waals surface area contributed by atoms with Crippen LogP contribution in [0.4, 0.5) is 25.8 Å². The van der Waals surface area contributed by atoms with Gasteiger partial charge in [-0.05, 0) is 142 Å². The van der Waals surface area contributed by atoms with Crippen LogP contribution in [-0.4, -0.2) is 116 Å². The number of unbranched alkanes of at least 4 members (excludes halogenated alkanes) is 1. The van der Waals surface area contributed by atoms with Gasteiger partial charge >= 0.3 is 6.97 Å². The molecule has 2 aromatic carbocycles. The Balaban J connectivity index is 0.762. The molecule has 8 rings (SSSR count). The number of carbonyl (C=O) groups excluding carboxylic acids is 4. The fourth-order valence-electron chi connectivity index (χ4n) is 10.4. The molecule has 1 unspecified atom stereocenters. The van der Waals surface area contributed by atoms with Crippen LogP contribution in [-0.2, 0) is 9.59 Å². The van der Waals surface area contributed by atoms with Gasteiger partial charge in [-0.1, -0.05) is 18.7 Å². The van der Waals surface area contributed by atoms with Gasteiger partial charge in [0.05, 0.1) is 5.56 Å². The first-order valence-electron chi connectivity index (χ1n) is 23.4. The van der Waals surface area contributed by atoms with Gasteiger partial charge in [0.2, 0.25) is 11.8 Å². The number of thiocarbonyl (C=S) groups is 1. The van der Waals surface area contributed by atoms with Crippen molar-refractivity contribution in [1.29, 1.82) is 0 Å². The lowest BCUT2D eigenvalue weighted by Gasteiger charge is -2.37. The van der Waals surface area contributed by atoms with E-state index >= 15 is 8.63 Å². The number of aryl methyl sites for hydroxylation is 2. The number of fused-ring (bicyclic) bond motifs is 2. The topological polar surface area (TPSA) is 161 Å². The van der Waals surface area contributed by atoms with Crippen molar-refractivity contribution in [2.24, 2.45) is 5.73 Å². The minimum Gasteiger partial charge on any atom is -0.396 e. The average molecular weight is 945 g/mol. The number of piperazine rings is 1. The quantitative estimate of drug-likeness (QED) is 0.0471. The lowest BCUT2D eigenvalue weighted by Crippen LogP contribution is -2.53. The molecule has 0 spiro atoms. The monoisotopic (exact) mass is 944 g/mol. The summed E-state index contributed by atoms with van der Waals surface area (Å²) in [6.45, 7) is 10.5. The number of halogens is 2. The maximum atomic E-state index is 16.1. The van der Waals surface area contributed by atoms with Gasteiger partial charge in [-0.3, -0.25) is 19.2 Å². The van der Waals surface area contributed by atoms with E-state index in [0.29, 0.717) is 110 Å². The van der Waals surface area contributed by atoms with E-state index in [9.17, 15) is 19.2 Å². The summed E-state index contributed by atoms with van der Waals surface area (Å²) in [4.78, 5) is 61.0. The number of pyridine rings is 1. The molecular formula is C50H59BF2N10O4S. The van der Waals surface area contributed by atoms with Crippen molar-refractivity contribution in [2.75, 3.05) is 56.4 Å². The standard InChI is InChI=1S/C50H59BF2N10O4S/c1-6-42(64)59-23-20-35(21-24-59)41-19-18-40(47(54)66)48(58-41)56-38-16-12-37(13-17-38)49(67)61-27-25-60(26-28-61)43(65)9-7-8-22-55-50(68)57-39-14-10-36(11-15-39)44-45-31(2)29-33(4)62(45)51(52,53)63-34(5)30-32(3)46(44)63/h6,10-19,29,35,44H,1,7-9,20-28,30H2,2-5H3,(H2,54,66)(H,56,58)(H2,55,57,68). The Morgan fingerprint density at radius 2 is 1.54 bits per heavy atom. The predicted octanol–water partition coefficient (Wildman–Crippen LogP) is 7.20. The number of hydrogen-bond acceptors (Lipinski definition) is 7. The molecule has 6 heterocycles. The summed E-state index contributed by atoms with van der Waals surface area (Å²) in [5.74, 6) is -0.659. The van der Waals surface area contributed by atoms with Crippen LogP contribution in [0.5, 0.6) is 0 Å². The fraction of sp³-hybridized carbons (Fsp3) is 0.380. The lowest BCUT2D eigenvalue weighted by molar-refractivity contribution is -0.378. The Hall–Kier alpha value is -6.69. The van der Waals surface area contributed by atoms with Crippen LogP contribution in [0.3, 0.4) is 0 Å². The van der Waals surface area contributed by atoms with Crippen LogP contribution < -0.4 is 21.7 Å². The summed E-state index contributed by atoms with van der Waals surface area (Å²) in [7, 11) is 0. The third-order valence-electron chi connectivity index (χ3n) is 13.8. The summed E-state index contributed by atoms with van der Waals surface area (Å²) in [6, 6.07) is 20.1. The Morgan fingerprint density at radius 1 is 0.882 bits per heavy atom. The van der Waals surface area contributed by atoms with Crippen molar-refractivity contribution < 1.29 is 32.3 Å². The van der Waals surface area contributed by atoms with Crippen molar-refractivity contribution in [3.8, 4) is 0 Å². The number of likely N-dealkylation sites (tertiary alicyclic amines) is 1. The minimum absolute atomic E-state index is 0.0506. The van der Waals surface area contributed by atoms with Gasteiger partial charge < -0.3 is 54.0 Å². The molecule has 0 bridgehead atoms. The summed E-state index contributed by atoms with van der Waals surface area (Å²) < 4.78 is 34.7. The van der Waals surface area contributed by atoms with Crippen LogP contribution in [0.15, 0.2) is 90.7 Å². The number of primary amides is 1. The summed E-state index contributed by atoms with van der Waals surface area (Å²) >= 11 is 5.57. The maximum absolute atomic E-state index is 16.1. The molecule has 5 N–H and O–H groups in total. The molecule has 356 valence electrons. The van der Waals surface area contributed by atoms with Crippen LogP contribution >= 0.6 is 12.2 Å². The molecule has 0 radical (unpaired) electrons. The van der Waals surface area contributed by atoms with E-state index in [1.807, 2.05) is 55.1 Å². The molecule has 2 saturated heterocycles. The first-order chi connectivity index (χ1) is 32.5. The van der Waals surface area contributed by atoms with Crippen molar-refractivity contribution in [2.45, 2.75) is 78.1 Å². The third-order valence-corrected chi connectivity index (χ3v) is 14.0. The number of nitrogens with zero attached hydrogens (tertiary/aromatic N) is 6. The SMILES string of the molecule is C=CC(=O)N1CCC(c2ccc(C(N)=O)c(Nc3ccc(C(=O)N4CCN(C(=O)CCCCNC(=S)Nc5ccc(C6C7=C(C)CC(C)=[N+]7[B-](F)(F)n7c(C)cc(C)c76)cc5)CC4)cc3)n2)CC1. The molecule has 4 aromatic rings. The predicted molar refractivity (Wildman–Crippen MR) is 266 cm³/mol. The average Bonchev–Trinajstić information content (AvgIpc) is 3.82. The fourth-order valence-corrected chi connectivity index (χ4v) is 10.6. The lowest BCUT2D eigenvalue weighted by atomic mass is 9.79. The number of benzene rings is 2. The van der Waals surface area contributed by atoms with E-state index in [0.717, 1.165) is 47.3 Å². The number of amides is 4. The Kier molecular flexibility index (Phi) is 14.0. The normalized spacial score (nSPS) is 18.0. The van der Waals surface area contributed by atoms with E-state index in [-0.39, 0.29) is 35.1 Å². The highest BCUT2D eigenvalue weighted by atomic mass is 32.1. The number of carbonyl (C=O) groups is 4.